The molecule has 0 unspecified atom stereocenters. The second kappa shape index (κ2) is 14.2. The molecule has 3 rings (SSSR count). The predicted octanol–water partition coefficient (Wildman–Crippen LogP) is 4.59. The fourth-order valence-corrected chi connectivity index (χ4v) is 3.31. The van der Waals surface area contributed by atoms with Crippen molar-refractivity contribution in [1.29, 1.82) is 0 Å². The fourth-order valence-electron chi connectivity index (χ4n) is 3.31. The molecule has 0 spiro atoms. The third-order valence-electron chi connectivity index (χ3n) is 5.37. The Balaban J connectivity index is 1.40. The fraction of sp³-hybridized carbons (Fsp3) is 0.241. The summed E-state index contributed by atoms with van der Waals surface area (Å²) in [7, 11) is 0. The van der Waals surface area contributed by atoms with Gasteiger partial charge in [0.1, 0.15) is 11.5 Å². The van der Waals surface area contributed by atoms with Gasteiger partial charge < -0.3 is 20.1 Å². The van der Waals surface area contributed by atoms with Gasteiger partial charge in [0, 0.05) is 11.4 Å². The normalized spacial score (nSPS) is 10.6. The van der Waals surface area contributed by atoms with Crippen molar-refractivity contribution in [3.63, 3.8) is 0 Å². The number of amides is 3. The third-order valence-corrected chi connectivity index (χ3v) is 5.37. The number of hydrazone groups is 1. The highest BCUT2D eigenvalue weighted by Gasteiger charge is 2.13. The highest BCUT2D eigenvalue weighted by atomic mass is 16.5. The standard InChI is InChI=1S/C29H32N4O5/c1-4-5-16-37-24-13-9-23(10-14-24)31-28(35)29(36)33-30-18-22-7-11-25(12-8-22)38-19-27(34)32-26-15-6-20(2)17-21(26)3/h6-15,17-18H,4-5,16,19H2,1-3H3,(H,31,35)(H,32,34)(H,33,36)/b30-18-. The molecule has 0 aliphatic carbocycles. The summed E-state index contributed by atoms with van der Waals surface area (Å²) in [4.78, 5) is 36.3. The highest BCUT2D eigenvalue weighted by Crippen LogP contribution is 2.17. The van der Waals surface area contributed by atoms with Crippen LogP contribution in [-0.4, -0.2) is 37.1 Å². The van der Waals surface area contributed by atoms with Crippen molar-refractivity contribution in [3.8, 4) is 11.5 Å². The van der Waals surface area contributed by atoms with Crippen LogP contribution in [0.5, 0.6) is 11.5 Å². The van der Waals surface area contributed by atoms with E-state index in [1.54, 1.807) is 48.5 Å². The summed E-state index contributed by atoms with van der Waals surface area (Å²) in [5.41, 5.74) is 6.17. The number of unbranched alkanes of at least 4 members (excludes halogenated alkanes) is 1. The predicted molar refractivity (Wildman–Crippen MR) is 148 cm³/mol. The summed E-state index contributed by atoms with van der Waals surface area (Å²) in [5.74, 6) is -0.811. The largest absolute Gasteiger partial charge is 0.494 e. The molecule has 0 aliphatic rings. The van der Waals surface area contributed by atoms with Gasteiger partial charge in [-0.05, 0) is 86.0 Å². The van der Waals surface area contributed by atoms with E-state index in [1.807, 2.05) is 32.0 Å². The molecule has 0 aromatic heterocycles. The Kier molecular flexibility index (Phi) is 10.4. The number of hydrogen-bond donors (Lipinski definition) is 3. The molecular formula is C29H32N4O5. The number of nitrogens with zero attached hydrogens (tertiary/aromatic N) is 1. The maximum Gasteiger partial charge on any atom is 0.329 e. The van der Waals surface area contributed by atoms with Gasteiger partial charge in [-0.2, -0.15) is 5.10 Å². The van der Waals surface area contributed by atoms with Gasteiger partial charge in [-0.15, -0.1) is 0 Å². The summed E-state index contributed by atoms with van der Waals surface area (Å²) in [6.07, 6.45) is 3.40. The molecule has 0 saturated carbocycles. The number of hydrogen-bond acceptors (Lipinski definition) is 6. The van der Waals surface area contributed by atoms with E-state index in [4.69, 9.17) is 9.47 Å². The quantitative estimate of drug-likeness (QED) is 0.149. The molecule has 0 bridgehead atoms. The lowest BCUT2D eigenvalue weighted by Gasteiger charge is -2.10. The van der Waals surface area contributed by atoms with E-state index in [9.17, 15) is 14.4 Å². The average Bonchev–Trinajstić information content (AvgIpc) is 2.91. The van der Waals surface area contributed by atoms with Crippen LogP contribution >= 0.6 is 0 Å². The average molecular weight is 517 g/mol. The van der Waals surface area contributed by atoms with Crippen molar-refractivity contribution in [2.24, 2.45) is 5.10 Å². The van der Waals surface area contributed by atoms with Crippen molar-refractivity contribution in [3.05, 3.63) is 83.4 Å². The molecule has 9 nitrogen and oxygen atoms in total. The Hall–Kier alpha value is -4.66. The van der Waals surface area contributed by atoms with Crippen LogP contribution in [0.15, 0.2) is 71.8 Å². The number of ether oxygens (including phenoxy) is 2. The molecular weight excluding hydrogens is 484 g/mol. The van der Waals surface area contributed by atoms with Gasteiger partial charge in [0.2, 0.25) is 0 Å². The maximum absolute atomic E-state index is 12.2. The molecule has 0 aliphatic heterocycles. The van der Waals surface area contributed by atoms with E-state index in [2.05, 4.69) is 28.1 Å². The van der Waals surface area contributed by atoms with Gasteiger partial charge in [0.25, 0.3) is 5.91 Å². The van der Waals surface area contributed by atoms with E-state index in [-0.39, 0.29) is 12.5 Å². The van der Waals surface area contributed by atoms with Gasteiger partial charge in [-0.25, -0.2) is 5.43 Å². The van der Waals surface area contributed by atoms with Crippen molar-refractivity contribution in [2.75, 3.05) is 23.8 Å². The van der Waals surface area contributed by atoms with Crippen molar-refractivity contribution < 1.29 is 23.9 Å². The first-order valence-electron chi connectivity index (χ1n) is 12.3. The molecule has 0 radical (unpaired) electrons. The summed E-state index contributed by atoms with van der Waals surface area (Å²) in [5, 5.41) is 9.15. The van der Waals surface area contributed by atoms with Crippen molar-refractivity contribution >= 4 is 35.3 Å². The number of anilines is 2. The zero-order valence-electron chi connectivity index (χ0n) is 21.7. The summed E-state index contributed by atoms with van der Waals surface area (Å²) >= 11 is 0. The number of nitrogens with one attached hydrogen (secondary N) is 3. The Morgan fingerprint density at radius 3 is 2.21 bits per heavy atom. The third kappa shape index (κ3) is 9.09. The zero-order valence-corrected chi connectivity index (χ0v) is 21.7. The molecule has 38 heavy (non-hydrogen) atoms. The van der Waals surface area contributed by atoms with Crippen LogP contribution in [-0.2, 0) is 14.4 Å². The van der Waals surface area contributed by atoms with Crippen LogP contribution < -0.4 is 25.5 Å². The summed E-state index contributed by atoms with van der Waals surface area (Å²) < 4.78 is 11.1. The lowest BCUT2D eigenvalue weighted by Crippen LogP contribution is -2.32. The first kappa shape index (κ1) is 27.9. The highest BCUT2D eigenvalue weighted by molar-refractivity contribution is 6.39. The molecule has 198 valence electrons. The Labute approximate surface area is 222 Å². The van der Waals surface area contributed by atoms with Gasteiger partial charge in [-0.3, -0.25) is 14.4 Å². The van der Waals surface area contributed by atoms with Crippen LogP contribution in [0.4, 0.5) is 11.4 Å². The van der Waals surface area contributed by atoms with Gasteiger partial charge >= 0.3 is 11.8 Å². The Morgan fingerprint density at radius 1 is 0.842 bits per heavy atom. The molecule has 0 fully saturated rings. The van der Waals surface area contributed by atoms with E-state index in [0.29, 0.717) is 29.4 Å². The second-order valence-electron chi connectivity index (χ2n) is 8.60. The maximum atomic E-state index is 12.2. The number of carbonyl (C=O) groups excluding carboxylic acids is 3. The monoisotopic (exact) mass is 516 g/mol. The van der Waals surface area contributed by atoms with E-state index in [1.165, 1.54) is 6.21 Å². The van der Waals surface area contributed by atoms with Crippen molar-refractivity contribution in [2.45, 2.75) is 33.6 Å². The van der Waals surface area contributed by atoms with Gasteiger partial charge in [-0.1, -0.05) is 31.0 Å². The minimum Gasteiger partial charge on any atom is -0.494 e. The Morgan fingerprint density at radius 2 is 1.53 bits per heavy atom. The molecule has 0 heterocycles. The number of aryl methyl sites for hydroxylation is 2. The van der Waals surface area contributed by atoms with Gasteiger partial charge in [0.05, 0.1) is 12.8 Å². The summed E-state index contributed by atoms with van der Waals surface area (Å²) in [6.45, 7) is 6.50. The first-order chi connectivity index (χ1) is 18.3. The number of benzene rings is 3. The van der Waals surface area contributed by atoms with Crippen LogP contribution in [0, 0.1) is 13.8 Å². The molecule has 9 heteroatoms. The van der Waals surface area contributed by atoms with Crippen LogP contribution in [0.1, 0.15) is 36.5 Å². The molecule has 3 N–H and O–H groups in total. The van der Waals surface area contributed by atoms with E-state index < -0.39 is 11.8 Å². The van der Waals surface area contributed by atoms with Crippen LogP contribution in [0.3, 0.4) is 0 Å². The smallest absolute Gasteiger partial charge is 0.329 e. The number of rotatable bonds is 11. The molecule has 0 saturated heterocycles. The lowest BCUT2D eigenvalue weighted by molar-refractivity contribution is -0.136. The van der Waals surface area contributed by atoms with Crippen LogP contribution in [0.2, 0.25) is 0 Å². The molecule has 3 amide bonds. The number of carbonyl (C=O) groups is 3. The summed E-state index contributed by atoms with van der Waals surface area (Å²) in [6, 6.07) is 19.3. The minimum absolute atomic E-state index is 0.138. The van der Waals surface area contributed by atoms with E-state index >= 15 is 0 Å². The second-order valence-corrected chi connectivity index (χ2v) is 8.60. The minimum atomic E-state index is -0.903. The molecule has 3 aromatic carbocycles. The zero-order chi connectivity index (χ0) is 27.3. The van der Waals surface area contributed by atoms with Crippen LogP contribution in [0.25, 0.3) is 0 Å². The topological polar surface area (TPSA) is 118 Å². The SMILES string of the molecule is CCCCOc1ccc(NC(=O)C(=O)N/N=C\c2ccc(OCC(=O)Nc3ccc(C)cc3C)cc2)cc1. The first-order valence-corrected chi connectivity index (χ1v) is 12.3. The van der Waals surface area contributed by atoms with Crippen molar-refractivity contribution in [1.82, 2.24) is 5.43 Å². The lowest BCUT2D eigenvalue weighted by atomic mass is 10.1. The molecule has 0 atom stereocenters. The molecule has 3 aromatic rings. The van der Waals surface area contributed by atoms with E-state index in [0.717, 1.165) is 29.7 Å². The Bertz CT molecular complexity index is 1270. The van der Waals surface area contributed by atoms with Gasteiger partial charge in [0.15, 0.2) is 6.61 Å².